The third kappa shape index (κ3) is 2.20. The molecule has 1 saturated heterocycles. The Bertz CT molecular complexity index is 179. The molecule has 1 aliphatic heterocycles. The lowest BCUT2D eigenvalue weighted by Crippen LogP contribution is -2.24. The van der Waals surface area contributed by atoms with E-state index >= 15 is 0 Å². The number of carbonyl (C=O) groups is 1. The minimum absolute atomic E-state index is 0.136. The molecule has 0 bridgehead atoms. The Hall–Kier alpha value is -1.08. The van der Waals surface area contributed by atoms with Crippen LogP contribution in [0.15, 0.2) is 0 Å². The molecule has 1 fully saturated rings. The Labute approximate surface area is 64.7 Å². The van der Waals surface area contributed by atoms with Gasteiger partial charge in [-0.25, -0.2) is 0 Å². The van der Waals surface area contributed by atoms with Gasteiger partial charge in [-0.3, -0.25) is 4.79 Å². The summed E-state index contributed by atoms with van der Waals surface area (Å²) in [7, 11) is 0. The lowest BCUT2D eigenvalue weighted by atomic mass is 10.0. The number of nitrogens with zero attached hydrogens (tertiary/aromatic N) is 1. The van der Waals surface area contributed by atoms with Crippen LogP contribution in [-0.2, 0) is 14.3 Å². The monoisotopic (exact) mass is 155 g/mol. The maximum absolute atomic E-state index is 10.9. The third-order valence-electron chi connectivity index (χ3n) is 1.70. The van der Waals surface area contributed by atoms with E-state index in [0.717, 1.165) is 0 Å². The van der Waals surface area contributed by atoms with Crippen molar-refractivity contribution in [3.8, 4) is 6.26 Å². The van der Waals surface area contributed by atoms with E-state index in [0.29, 0.717) is 26.1 Å². The van der Waals surface area contributed by atoms with Gasteiger partial charge in [0.2, 0.25) is 0 Å². The maximum Gasteiger partial charge on any atom is 0.324 e. The van der Waals surface area contributed by atoms with Crippen molar-refractivity contribution in [3.05, 3.63) is 0 Å². The van der Waals surface area contributed by atoms with E-state index in [2.05, 4.69) is 4.74 Å². The number of hydrogen-bond acceptors (Lipinski definition) is 4. The van der Waals surface area contributed by atoms with Crippen molar-refractivity contribution in [2.24, 2.45) is 5.92 Å². The SMILES string of the molecule is N#COC(=O)C1CCOCC1. The molecule has 0 aromatic rings. The molecular formula is C7H9NO3. The maximum atomic E-state index is 10.9. The fraction of sp³-hybridized carbons (Fsp3) is 0.714. The van der Waals surface area contributed by atoms with Crippen LogP contribution in [0.25, 0.3) is 0 Å². The molecule has 0 spiro atoms. The van der Waals surface area contributed by atoms with Gasteiger partial charge in [0, 0.05) is 13.2 Å². The number of ether oxygens (including phenoxy) is 2. The summed E-state index contributed by atoms with van der Waals surface area (Å²) >= 11 is 0. The van der Waals surface area contributed by atoms with Crippen LogP contribution >= 0.6 is 0 Å². The van der Waals surface area contributed by atoms with Gasteiger partial charge in [-0.1, -0.05) is 0 Å². The molecule has 4 heteroatoms. The summed E-state index contributed by atoms with van der Waals surface area (Å²) in [5.41, 5.74) is 0. The van der Waals surface area contributed by atoms with Crippen LogP contribution in [0.4, 0.5) is 0 Å². The van der Waals surface area contributed by atoms with Crippen molar-refractivity contribution < 1.29 is 14.3 Å². The molecule has 1 rings (SSSR count). The van der Waals surface area contributed by atoms with Gasteiger partial charge >= 0.3 is 5.97 Å². The third-order valence-corrected chi connectivity index (χ3v) is 1.70. The van der Waals surface area contributed by atoms with Crippen LogP contribution in [-0.4, -0.2) is 19.2 Å². The summed E-state index contributed by atoms with van der Waals surface area (Å²) in [6.07, 6.45) is 2.71. The summed E-state index contributed by atoms with van der Waals surface area (Å²) in [5.74, 6) is -0.556. The molecule has 0 radical (unpaired) electrons. The fourth-order valence-electron chi connectivity index (χ4n) is 1.06. The standard InChI is InChI=1S/C7H9NO3/c8-5-11-7(9)6-1-3-10-4-2-6/h6H,1-4H2. The van der Waals surface area contributed by atoms with Crippen LogP contribution in [0, 0.1) is 17.4 Å². The highest BCUT2D eigenvalue weighted by Crippen LogP contribution is 2.15. The predicted octanol–water partition coefficient (Wildman–Crippen LogP) is 0.437. The zero-order valence-electron chi connectivity index (χ0n) is 6.08. The highest BCUT2D eigenvalue weighted by molar-refractivity contribution is 5.73. The average molecular weight is 155 g/mol. The van der Waals surface area contributed by atoms with Crippen LogP contribution < -0.4 is 0 Å². The highest BCUT2D eigenvalue weighted by atomic mass is 16.5. The quantitative estimate of drug-likeness (QED) is 0.407. The molecule has 60 valence electrons. The van der Waals surface area contributed by atoms with Gasteiger partial charge in [0.1, 0.15) is 0 Å². The highest BCUT2D eigenvalue weighted by Gasteiger charge is 2.22. The Morgan fingerprint density at radius 2 is 2.18 bits per heavy atom. The lowest BCUT2D eigenvalue weighted by molar-refractivity contribution is -0.144. The Balaban J connectivity index is 2.34. The number of hydrogen-bond donors (Lipinski definition) is 0. The molecule has 1 heterocycles. The van der Waals surface area contributed by atoms with Gasteiger partial charge in [0.05, 0.1) is 5.92 Å². The van der Waals surface area contributed by atoms with Crippen LogP contribution in [0.3, 0.4) is 0 Å². The van der Waals surface area contributed by atoms with E-state index in [-0.39, 0.29) is 5.92 Å². The molecule has 0 aromatic heterocycles. The number of carbonyl (C=O) groups excluding carboxylic acids is 1. The number of esters is 1. The molecule has 0 unspecified atom stereocenters. The lowest BCUT2D eigenvalue weighted by Gasteiger charge is -2.18. The van der Waals surface area contributed by atoms with Gasteiger partial charge in [-0.2, -0.15) is 0 Å². The van der Waals surface area contributed by atoms with Crippen molar-refractivity contribution in [3.63, 3.8) is 0 Å². The molecule has 1 aliphatic rings. The summed E-state index contributed by atoms with van der Waals surface area (Å²) in [4.78, 5) is 10.9. The smallest absolute Gasteiger partial charge is 0.324 e. The van der Waals surface area contributed by atoms with E-state index in [1.54, 1.807) is 0 Å². The zero-order chi connectivity index (χ0) is 8.10. The van der Waals surface area contributed by atoms with Gasteiger partial charge in [-0.15, -0.1) is 5.26 Å². The zero-order valence-corrected chi connectivity index (χ0v) is 6.08. The molecule has 0 amide bonds. The number of rotatable bonds is 1. The van der Waals surface area contributed by atoms with Gasteiger partial charge in [0.15, 0.2) is 0 Å². The van der Waals surface area contributed by atoms with E-state index < -0.39 is 5.97 Å². The van der Waals surface area contributed by atoms with E-state index in [4.69, 9.17) is 10.00 Å². The largest absolute Gasteiger partial charge is 0.381 e. The summed E-state index contributed by atoms with van der Waals surface area (Å²) in [6.45, 7) is 1.18. The van der Waals surface area contributed by atoms with Crippen LogP contribution in [0.1, 0.15) is 12.8 Å². The Kier molecular flexibility index (Phi) is 2.87. The summed E-state index contributed by atoms with van der Waals surface area (Å²) in [6, 6.07) is 0. The molecule has 0 atom stereocenters. The summed E-state index contributed by atoms with van der Waals surface area (Å²) in [5, 5.41) is 8.04. The summed E-state index contributed by atoms with van der Waals surface area (Å²) < 4.78 is 9.23. The van der Waals surface area contributed by atoms with Crippen LogP contribution in [0.5, 0.6) is 0 Å². The molecule has 4 nitrogen and oxygen atoms in total. The predicted molar refractivity (Wildman–Crippen MR) is 35.2 cm³/mol. The Morgan fingerprint density at radius 1 is 1.55 bits per heavy atom. The number of nitriles is 1. The van der Waals surface area contributed by atoms with Crippen molar-refractivity contribution in [1.29, 1.82) is 5.26 Å². The van der Waals surface area contributed by atoms with Gasteiger partial charge in [-0.05, 0) is 12.8 Å². The molecule has 0 aliphatic carbocycles. The normalized spacial score (nSPS) is 18.8. The van der Waals surface area contributed by atoms with E-state index in [9.17, 15) is 4.79 Å². The second-order valence-corrected chi connectivity index (χ2v) is 2.40. The van der Waals surface area contributed by atoms with Crippen molar-refractivity contribution in [2.75, 3.05) is 13.2 Å². The van der Waals surface area contributed by atoms with Gasteiger partial charge in [0.25, 0.3) is 6.26 Å². The first-order valence-corrected chi connectivity index (χ1v) is 3.52. The Morgan fingerprint density at radius 3 is 2.73 bits per heavy atom. The first-order chi connectivity index (χ1) is 5.34. The van der Waals surface area contributed by atoms with Crippen molar-refractivity contribution >= 4 is 5.97 Å². The van der Waals surface area contributed by atoms with E-state index in [1.807, 2.05) is 0 Å². The molecule has 0 saturated carbocycles. The van der Waals surface area contributed by atoms with Gasteiger partial charge < -0.3 is 9.47 Å². The van der Waals surface area contributed by atoms with Crippen LogP contribution in [0.2, 0.25) is 0 Å². The van der Waals surface area contributed by atoms with Crippen molar-refractivity contribution in [1.82, 2.24) is 0 Å². The fourth-order valence-corrected chi connectivity index (χ4v) is 1.06. The average Bonchev–Trinajstić information content (AvgIpc) is 2.07. The molecule has 0 N–H and O–H groups in total. The first-order valence-electron chi connectivity index (χ1n) is 3.52. The minimum Gasteiger partial charge on any atom is -0.381 e. The second-order valence-electron chi connectivity index (χ2n) is 2.40. The second kappa shape index (κ2) is 3.94. The minimum atomic E-state index is -0.421. The molecule has 0 aromatic carbocycles. The topological polar surface area (TPSA) is 59.3 Å². The van der Waals surface area contributed by atoms with Crippen molar-refractivity contribution in [2.45, 2.75) is 12.8 Å². The molecule has 11 heavy (non-hydrogen) atoms. The molecular weight excluding hydrogens is 146 g/mol. The van der Waals surface area contributed by atoms with E-state index in [1.165, 1.54) is 6.26 Å². The first kappa shape index (κ1) is 8.02.